The fourth-order valence-corrected chi connectivity index (χ4v) is 2.59. The normalized spacial score (nSPS) is 11.7. The molecule has 0 unspecified atom stereocenters. The summed E-state index contributed by atoms with van der Waals surface area (Å²) < 4.78 is 5.90. The van der Waals surface area contributed by atoms with Crippen molar-refractivity contribution in [2.24, 2.45) is 0 Å². The van der Waals surface area contributed by atoms with Crippen LogP contribution in [-0.4, -0.2) is 60.4 Å². The molecule has 0 saturated carbocycles. The molecule has 0 aromatic carbocycles. The van der Waals surface area contributed by atoms with Crippen LogP contribution in [0.5, 0.6) is 0 Å². The number of amides is 4. The largest absolute Gasteiger partial charge is 0.375 e. The quantitative estimate of drug-likeness (QED) is 0.274. The molecule has 0 bridgehead atoms. The van der Waals surface area contributed by atoms with E-state index < -0.39 is 11.1 Å². The van der Waals surface area contributed by atoms with Crippen molar-refractivity contribution in [3.63, 3.8) is 0 Å². The molecule has 0 heterocycles. The highest BCUT2D eigenvalue weighted by molar-refractivity contribution is 5.87. The van der Waals surface area contributed by atoms with Gasteiger partial charge in [0.25, 0.3) is 0 Å². The summed E-state index contributed by atoms with van der Waals surface area (Å²) in [4.78, 5) is 47.6. The highest BCUT2D eigenvalue weighted by Gasteiger charge is 2.24. The van der Waals surface area contributed by atoms with Crippen LogP contribution in [0, 0.1) is 0 Å². The number of hydrazine groups is 1. The molecule has 168 valence electrons. The molecule has 0 atom stereocenters. The van der Waals surface area contributed by atoms with Gasteiger partial charge in [-0.15, -0.1) is 0 Å². The van der Waals surface area contributed by atoms with E-state index in [-0.39, 0.29) is 37.1 Å². The van der Waals surface area contributed by atoms with Gasteiger partial charge in [0.2, 0.25) is 24.1 Å². The molecule has 3 N–H and O–H groups in total. The first-order valence-electron chi connectivity index (χ1n) is 10.1. The summed E-state index contributed by atoms with van der Waals surface area (Å²) in [5.74, 6) is -0.596. The third-order valence-electron chi connectivity index (χ3n) is 4.41. The van der Waals surface area contributed by atoms with Crippen LogP contribution in [0.15, 0.2) is 0 Å². The molecule has 0 spiro atoms. The molecule has 9 nitrogen and oxygen atoms in total. The Bertz CT molecular complexity index is 549. The number of carbonyl (C=O) groups is 4. The van der Waals surface area contributed by atoms with E-state index in [1.807, 2.05) is 34.6 Å². The van der Waals surface area contributed by atoms with Crippen LogP contribution in [0.1, 0.15) is 73.1 Å². The van der Waals surface area contributed by atoms with Crippen molar-refractivity contribution in [1.82, 2.24) is 21.1 Å². The number of nitrogens with one attached hydrogen (secondary N) is 3. The van der Waals surface area contributed by atoms with Crippen LogP contribution in [0.25, 0.3) is 0 Å². The summed E-state index contributed by atoms with van der Waals surface area (Å²) in [6, 6.07) is 0. The zero-order valence-electron chi connectivity index (χ0n) is 18.7. The SMILES string of the molecule is CCCC(=O)N(C=O)CCC(=O)NC(C)(C)CCOC(C)(C)CCC(=O)NNC. The van der Waals surface area contributed by atoms with E-state index in [1.165, 1.54) is 0 Å². The zero-order valence-corrected chi connectivity index (χ0v) is 18.7. The van der Waals surface area contributed by atoms with Crippen molar-refractivity contribution in [2.75, 3.05) is 20.2 Å². The second-order valence-corrected chi connectivity index (χ2v) is 8.28. The summed E-state index contributed by atoms with van der Waals surface area (Å²) in [6.45, 7) is 9.98. The molecule has 0 aliphatic heterocycles. The van der Waals surface area contributed by atoms with Gasteiger partial charge in [-0.1, -0.05) is 6.92 Å². The Morgan fingerprint density at radius 3 is 2.21 bits per heavy atom. The third-order valence-corrected chi connectivity index (χ3v) is 4.41. The van der Waals surface area contributed by atoms with E-state index in [1.54, 1.807) is 7.05 Å². The minimum Gasteiger partial charge on any atom is -0.375 e. The summed E-state index contributed by atoms with van der Waals surface area (Å²) in [5, 5.41) is 2.91. The smallest absolute Gasteiger partial charge is 0.234 e. The van der Waals surface area contributed by atoms with Crippen molar-refractivity contribution in [3.05, 3.63) is 0 Å². The lowest BCUT2D eigenvalue weighted by molar-refractivity contribution is -0.138. The van der Waals surface area contributed by atoms with Crippen molar-refractivity contribution < 1.29 is 23.9 Å². The average Bonchev–Trinajstić information content (AvgIpc) is 2.60. The van der Waals surface area contributed by atoms with Crippen LogP contribution < -0.4 is 16.2 Å². The number of imide groups is 1. The number of rotatable bonds is 15. The molecule has 0 aliphatic carbocycles. The predicted octanol–water partition coefficient (Wildman–Crippen LogP) is 1.27. The Morgan fingerprint density at radius 2 is 1.66 bits per heavy atom. The summed E-state index contributed by atoms with van der Waals surface area (Å²) in [6.07, 6.45) is 2.97. The third kappa shape index (κ3) is 13.0. The van der Waals surface area contributed by atoms with E-state index in [0.29, 0.717) is 38.7 Å². The standard InChI is InChI=1S/C20H38N4O5/c1-7-8-18(28)24(15-25)13-10-16(26)22-19(2,3)12-14-29-20(4,5)11-9-17(27)23-21-6/h15,21H,7-14H2,1-6H3,(H,22,26)(H,23,27). The maximum atomic E-state index is 12.2. The van der Waals surface area contributed by atoms with E-state index in [9.17, 15) is 19.2 Å². The Hall–Kier alpha value is -2.00. The number of ether oxygens (including phenoxy) is 1. The van der Waals surface area contributed by atoms with Crippen LogP contribution in [0.4, 0.5) is 0 Å². The predicted molar refractivity (Wildman–Crippen MR) is 111 cm³/mol. The second-order valence-electron chi connectivity index (χ2n) is 8.28. The van der Waals surface area contributed by atoms with E-state index >= 15 is 0 Å². The monoisotopic (exact) mass is 414 g/mol. The Labute approximate surface area is 174 Å². The van der Waals surface area contributed by atoms with Gasteiger partial charge in [-0.25, -0.2) is 5.43 Å². The minimum atomic E-state index is -0.504. The Morgan fingerprint density at radius 1 is 1.00 bits per heavy atom. The van der Waals surface area contributed by atoms with Gasteiger partial charge in [-0.05, 0) is 47.0 Å². The first-order valence-corrected chi connectivity index (χ1v) is 10.1. The van der Waals surface area contributed by atoms with Gasteiger partial charge in [0.05, 0.1) is 5.60 Å². The van der Waals surface area contributed by atoms with E-state index in [4.69, 9.17) is 4.74 Å². The molecular weight excluding hydrogens is 376 g/mol. The summed E-state index contributed by atoms with van der Waals surface area (Å²) in [5.41, 5.74) is 4.15. The van der Waals surface area contributed by atoms with E-state index in [0.717, 1.165) is 4.90 Å². The number of nitrogens with zero attached hydrogens (tertiary/aromatic N) is 1. The molecule has 0 aliphatic rings. The second kappa shape index (κ2) is 13.3. The zero-order chi connectivity index (χ0) is 22.5. The van der Waals surface area contributed by atoms with Gasteiger partial charge in [-0.3, -0.25) is 29.5 Å². The maximum Gasteiger partial charge on any atom is 0.234 e. The van der Waals surface area contributed by atoms with Gasteiger partial charge in [0.1, 0.15) is 0 Å². The van der Waals surface area contributed by atoms with Gasteiger partial charge >= 0.3 is 0 Å². The molecule has 0 fully saturated rings. The average molecular weight is 415 g/mol. The summed E-state index contributed by atoms with van der Waals surface area (Å²) >= 11 is 0. The number of hydrogen-bond acceptors (Lipinski definition) is 6. The summed E-state index contributed by atoms with van der Waals surface area (Å²) in [7, 11) is 1.63. The number of carbonyl (C=O) groups excluding carboxylic acids is 4. The highest BCUT2D eigenvalue weighted by atomic mass is 16.5. The highest BCUT2D eigenvalue weighted by Crippen LogP contribution is 2.19. The van der Waals surface area contributed by atoms with Crippen molar-refractivity contribution in [3.8, 4) is 0 Å². The molecule has 0 saturated heterocycles. The molecule has 9 heteroatoms. The molecule has 29 heavy (non-hydrogen) atoms. The van der Waals surface area contributed by atoms with Gasteiger partial charge < -0.3 is 10.1 Å². The maximum absolute atomic E-state index is 12.2. The molecular formula is C20H38N4O5. The molecule has 0 aromatic rings. The molecule has 0 aromatic heterocycles. The first kappa shape index (κ1) is 27.0. The van der Waals surface area contributed by atoms with Crippen LogP contribution in [-0.2, 0) is 23.9 Å². The molecule has 0 rings (SSSR count). The lowest BCUT2D eigenvalue weighted by Gasteiger charge is -2.30. The van der Waals surface area contributed by atoms with Gasteiger partial charge in [-0.2, -0.15) is 0 Å². The topological polar surface area (TPSA) is 117 Å². The van der Waals surface area contributed by atoms with Crippen LogP contribution in [0.3, 0.4) is 0 Å². The Balaban J connectivity index is 4.33. The first-order chi connectivity index (χ1) is 13.5. The van der Waals surface area contributed by atoms with Gasteiger partial charge in [0.15, 0.2) is 0 Å². The van der Waals surface area contributed by atoms with Crippen molar-refractivity contribution in [1.29, 1.82) is 0 Å². The van der Waals surface area contributed by atoms with E-state index in [2.05, 4.69) is 16.2 Å². The fraction of sp³-hybridized carbons (Fsp3) is 0.800. The molecule has 4 amide bonds. The van der Waals surface area contributed by atoms with Crippen LogP contribution >= 0.6 is 0 Å². The van der Waals surface area contributed by atoms with Crippen LogP contribution in [0.2, 0.25) is 0 Å². The number of hydrogen-bond donors (Lipinski definition) is 3. The minimum absolute atomic E-state index is 0.0601. The lowest BCUT2D eigenvalue weighted by atomic mass is 9.99. The Kier molecular flexibility index (Phi) is 12.4. The lowest BCUT2D eigenvalue weighted by Crippen LogP contribution is -2.46. The molecule has 0 radical (unpaired) electrons. The fourth-order valence-electron chi connectivity index (χ4n) is 2.59. The van der Waals surface area contributed by atoms with Crippen molar-refractivity contribution in [2.45, 2.75) is 84.3 Å². The van der Waals surface area contributed by atoms with Crippen molar-refractivity contribution >= 4 is 24.1 Å². The van der Waals surface area contributed by atoms with Gasteiger partial charge in [0, 0.05) is 45.0 Å².